The van der Waals surface area contributed by atoms with Gasteiger partial charge in [-0.05, 0) is 31.5 Å². The minimum Gasteiger partial charge on any atom is -0.492 e. The Kier molecular flexibility index (Phi) is 3.98. The van der Waals surface area contributed by atoms with Crippen molar-refractivity contribution in [1.82, 2.24) is 4.98 Å². The maximum atomic E-state index is 13.0. The van der Waals surface area contributed by atoms with E-state index in [2.05, 4.69) is 4.98 Å². The number of nitrogens with zero attached hydrogens (tertiary/aromatic N) is 1. The van der Waals surface area contributed by atoms with Gasteiger partial charge in [-0.25, -0.2) is 4.39 Å². The smallest absolute Gasteiger partial charge is 0.254 e. The highest BCUT2D eigenvalue weighted by molar-refractivity contribution is 5.98. The van der Waals surface area contributed by atoms with Gasteiger partial charge >= 0.3 is 0 Å². The number of carbonyl (C=O) groups excluding carboxylic acids is 1. The number of rotatable bonds is 4. The molecule has 0 bridgehead atoms. The van der Waals surface area contributed by atoms with Gasteiger partial charge in [0.25, 0.3) is 5.91 Å². The molecule has 4 nitrogen and oxygen atoms in total. The first-order chi connectivity index (χ1) is 9.54. The van der Waals surface area contributed by atoms with E-state index in [1.165, 1.54) is 18.3 Å². The molecular weight excluding hydrogens is 259 g/mol. The van der Waals surface area contributed by atoms with Gasteiger partial charge in [-0.1, -0.05) is 12.1 Å². The van der Waals surface area contributed by atoms with Crippen LogP contribution in [0.2, 0.25) is 0 Å². The number of pyridine rings is 1. The van der Waals surface area contributed by atoms with Gasteiger partial charge in [-0.3, -0.25) is 9.78 Å². The van der Waals surface area contributed by atoms with Crippen molar-refractivity contribution >= 4 is 5.91 Å². The molecule has 0 saturated heterocycles. The second-order valence-electron chi connectivity index (χ2n) is 4.27. The fraction of sp³-hybridized carbons (Fsp3) is 0.200. The van der Waals surface area contributed by atoms with Crippen LogP contribution in [0.25, 0.3) is 11.1 Å². The van der Waals surface area contributed by atoms with Crippen molar-refractivity contribution in [3.8, 4) is 16.9 Å². The van der Waals surface area contributed by atoms with Gasteiger partial charge in [0.1, 0.15) is 17.1 Å². The van der Waals surface area contributed by atoms with E-state index in [9.17, 15) is 9.18 Å². The second kappa shape index (κ2) is 5.69. The molecule has 0 atom stereocenters. The SMILES string of the molecule is CCOc1c(C(N)=O)cnc(C)c1-c1ccc(F)cc1. The fourth-order valence-corrected chi connectivity index (χ4v) is 2.01. The molecule has 0 aliphatic rings. The molecule has 0 saturated carbocycles. The number of hydrogen-bond acceptors (Lipinski definition) is 3. The van der Waals surface area contributed by atoms with E-state index in [0.29, 0.717) is 23.6 Å². The van der Waals surface area contributed by atoms with Crippen molar-refractivity contribution in [2.45, 2.75) is 13.8 Å². The maximum absolute atomic E-state index is 13.0. The third-order valence-electron chi connectivity index (χ3n) is 2.91. The summed E-state index contributed by atoms with van der Waals surface area (Å²) in [6, 6.07) is 5.93. The Labute approximate surface area is 116 Å². The number of nitrogens with two attached hydrogens (primary N) is 1. The number of aromatic nitrogens is 1. The number of halogens is 1. The third kappa shape index (κ3) is 2.61. The fourth-order valence-electron chi connectivity index (χ4n) is 2.01. The van der Waals surface area contributed by atoms with E-state index in [1.807, 2.05) is 6.92 Å². The van der Waals surface area contributed by atoms with Crippen LogP contribution in [-0.4, -0.2) is 17.5 Å². The predicted molar refractivity (Wildman–Crippen MR) is 74.1 cm³/mol. The molecule has 2 aromatic rings. The lowest BCUT2D eigenvalue weighted by Gasteiger charge is -2.15. The molecule has 104 valence electrons. The largest absolute Gasteiger partial charge is 0.492 e. The molecule has 0 unspecified atom stereocenters. The summed E-state index contributed by atoms with van der Waals surface area (Å²) in [7, 11) is 0. The number of amides is 1. The van der Waals surface area contributed by atoms with Gasteiger partial charge in [0.2, 0.25) is 0 Å². The molecule has 2 N–H and O–H groups in total. The van der Waals surface area contributed by atoms with Crippen LogP contribution in [0.5, 0.6) is 5.75 Å². The van der Waals surface area contributed by atoms with Crippen LogP contribution in [0.1, 0.15) is 23.0 Å². The molecule has 1 amide bonds. The summed E-state index contributed by atoms with van der Waals surface area (Å²) in [5.41, 5.74) is 7.63. The molecule has 0 aliphatic carbocycles. The highest BCUT2D eigenvalue weighted by Gasteiger charge is 2.18. The Bertz CT molecular complexity index is 639. The number of aryl methyl sites for hydroxylation is 1. The summed E-state index contributed by atoms with van der Waals surface area (Å²) in [5, 5.41) is 0. The molecule has 0 radical (unpaired) electrons. The van der Waals surface area contributed by atoms with Crippen LogP contribution in [0.15, 0.2) is 30.5 Å². The lowest BCUT2D eigenvalue weighted by Crippen LogP contribution is -2.15. The highest BCUT2D eigenvalue weighted by Crippen LogP contribution is 2.35. The molecule has 20 heavy (non-hydrogen) atoms. The molecule has 1 aromatic carbocycles. The van der Waals surface area contributed by atoms with Crippen molar-refractivity contribution in [2.75, 3.05) is 6.61 Å². The first kappa shape index (κ1) is 14.0. The predicted octanol–water partition coefficient (Wildman–Crippen LogP) is 2.69. The molecular formula is C15H15FN2O2. The number of carbonyl (C=O) groups is 1. The Hall–Kier alpha value is -2.43. The first-order valence-corrected chi connectivity index (χ1v) is 6.22. The Morgan fingerprint density at radius 1 is 1.35 bits per heavy atom. The van der Waals surface area contributed by atoms with Gasteiger partial charge in [0.15, 0.2) is 0 Å². The summed E-state index contributed by atoms with van der Waals surface area (Å²) >= 11 is 0. The van der Waals surface area contributed by atoms with Crippen molar-refractivity contribution in [3.63, 3.8) is 0 Å². The van der Waals surface area contributed by atoms with Crippen molar-refractivity contribution in [1.29, 1.82) is 0 Å². The van der Waals surface area contributed by atoms with E-state index in [4.69, 9.17) is 10.5 Å². The van der Waals surface area contributed by atoms with E-state index >= 15 is 0 Å². The monoisotopic (exact) mass is 274 g/mol. The van der Waals surface area contributed by atoms with Gasteiger partial charge < -0.3 is 10.5 Å². The average molecular weight is 274 g/mol. The first-order valence-electron chi connectivity index (χ1n) is 6.22. The van der Waals surface area contributed by atoms with Crippen LogP contribution in [0.4, 0.5) is 4.39 Å². The van der Waals surface area contributed by atoms with Gasteiger partial charge in [0.05, 0.1) is 6.61 Å². The van der Waals surface area contributed by atoms with E-state index < -0.39 is 5.91 Å². The number of hydrogen-bond donors (Lipinski definition) is 1. The topological polar surface area (TPSA) is 65.2 Å². The van der Waals surface area contributed by atoms with Gasteiger partial charge in [-0.2, -0.15) is 0 Å². The van der Waals surface area contributed by atoms with Crippen LogP contribution < -0.4 is 10.5 Å². The summed E-state index contributed by atoms with van der Waals surface area (Å²) in [6.07, 6.45) is 1.40. The lowest BCUT2D eigenvalue weighted by atomic mass is 10.0. The van der Waals surface area contributed by atoms with Crippen molar-refractivity contribution in [3.05, 3.63) is 47.5 Å². The summed E-state index contributed by atoms with van der Waals surface area (Å²) in [6.45, 7) is 4.00. The van der Waals surface area contributed by atoms with E-state index in [1.54, 1.807) is 19.1 Å². The normalized spacial score (nSPS) is 10.3. The van der Waals surface area contributed by atoms with Crippen molar-refractivity contribution in [2.24, 2.45) is 5.73 Å². The van der Waals surface area contributed by atoms with Crippen LogP contribution in [-0.2, 0) is 0 Å². The number of ether oxygens (including phenoxy) is 1. The number of benzene rings is 1. The molecule has 2 rings (SSSR count). The Morgan fingerprint density at radius 2 is 2.00 bits per heavy atom. The van der Waals surface area contributed by atoms with Crippen LogP contribution in [0, 0.1) is 12.7 Å². The Balaban J connectivity index is 2.69. The molecule has 5 heteroatoms. The lowest BCUT2D eigenvalue weighted by molar-refractivity contribution is 0.0996. The zero-order valence-electron chi connectivity index (χ0n) is 11.3. The molecule has 1 aromatic heterocycles. The molecule has 0 spiro atoms. The minimum atomic E-state index is -0.607. The van der Waals surface area contributed by atoms with Crippen LogP contribution in [0.3, 0.4) is 0 Å². The molecule has 0 fully saturated rings. The third-order valence-corrected chi connectivity index (χ3v) is 2.91. The quantitative estimate of drug-likeness (QED) is 0.932. The minimum absolute atomic E-state index is 0.219. The zero-order valence-corrected chi connectivity index (χ0v) is 11.3. The standard InChI is InChI=1S/C15H15FN2O2/c1-3-20-14-12(15(17)19)8-18-9(2)13(14)10-4-6-11(16)7-5-10/h4-8H,3H2,1-2H3,(H2,17,19). The van der Waals surface area contributed by atoms with Gasteiger partial charge in [0, 0.05) is 17.5 Å². The summed E-state index contributed by atoms with van der Waals surface area (Å²) < 4.78 is 18.6. The Morgan fingerprint density at radius 3 is 2.55 bits per heavy atom. The van der Waals surface area contributed by atoms with Crippen molar-refractivity contribution < 1.29 is 13.9 Å². The molecule has 0 aliphatic heterocycles. The second-order valence-corrected chi connectivity index (χ2v) is 4.27. The highest BCUT2D eigenvalue weighted by atomic mass is 19.1. The van der Waals surface area contributed by atoms with Gasteiger partial charge in [-0.15, -0.1) is 0 Å². The van der Waals surface area contributed by atoms with E-state index in [0.717, 1.165) is 5.56 Å². The van der Waals surface area contributed by atoms with E-state index in [-0.39, 0.29) is 11.4 Å². The number of primary amides is 1. The van der Waals surface area contributed by atoms with Crippen LogP contribution >= 0.6 is 0 Å². The summed E-state index contributed by atoms with van der Waals surface area (Å²) in [5.74, 6) is -0.549. The molecule has 1 heterocycles. The average Bonchev–Trinajstić information content (AvgIpc) is 2.40. The summed E-state index contributed by atoms with van der Waals surface area (Å²) in [4.78, 5) is 15.7. The maximum Gasteiger partial charge on any atom is 0.254 e. The zero-order chi connectivity index (χ0) is 14.7.